The smallest absolute Gasteiger partial charge is 0.408 e. The van der Waals surface area contributed by atoms with E-state index in [-0.39, 0.29) is 0 Å². The fourth-order valence-corrected chi connectivity index (χ4v) is 1.65. The van der Waals surface area contributed by atoms with Gasteiger partial charge in [-0.2, -0.15) is 5.26 Å². The van der Waals surface area contributed by atoms with Crippen molar-refractivity contribution in [1.29, 1.82) is 5.26 Å². The zero-order chi connectivity index (χ0) is 12.1. The summed E-state index contributed by atoms with van der Waals surface area (Å²) in [4.78, 5) is 13.6. The van der Waals surface area contributed by atoms with Crippen LogP contribution in [0.2, 0.25) is 0 Å². The minimum atomic E-state index is -0.427. The van der Waals surface area contributed by atoms with Gasteiger partial charge in [-0.05, 0) is 30.7 Å². The number of rotatable bonds is 5. The lowest BCUT2D eigenvalue weighted by atomic mass is 10.1. The Morgan fingerprint density at radius 1 is 1.41 bits per heavy atom. The summed E-state index contributed by atoms with van der Waals surface area (Å²) in [5.74, 6) is -0.427. The summed E-state index contributed by atoms with van der Waals surface area (Å²) in [6.07, 6.45) is 1.36. The van der Waals surface area contributed by atoms with Gasteiger partial charge in [-0.1, -0.05) is 6.07 Å². The Hall–Kier alpha value is -2.06. The standard InChI is InChI=1S/C12H13N3O2/c13-5-1-6-14-7-4-9-2-3-10-11(8-9)17-12(16)15-10/h2-3,8,14H,1,4,6-7H2,(H,15,16). The third-order valence-corrected chi connectivity index (χ3v) is 2.49. The maximum atomic E-state index is 11.0. The summed E-state index contributed by atoms with van der Waals surface area (Å²) in [5, 5.41) is 11.5. The second kappa shape index (κ2) is 5.32. The van der Waals surface area contributed by atoms with Crippen LogP contribution in [0.3, 0.4) is 0 Å². The van der Waals surface area contributed by atoms with Crippen molar-refractivity contribution in [2.24, 2.45) is 0 Å². The Morgan fingerprint density at radius 2 is 2.29 bits per heavy atom. The number of fused-ring (bicyclic) bond motifs is 1. The van der Waals surface area contributed by atoms with Gasteiger partial charge in [-0.3, -0.25) is 4.98 Å². The van der Waals surface area contributed by atoms with Crippen molar-refractivity contribution in [2.75, 3.05) is 13.1 Å². The van der Waals surface area contributed by atoms with E-state index in [1.54, 1.807) is 0 Å². The average Bonchev–Trinajstić information content (AvgIpc) is 2.68. The van der Waals surface area contributed by atoms with Crippen LogP contribution in [0.15, 0.2) is 27.4 Å². The van der Waals surface area contributed by atoms with E-state index in [0.29, 0.717) is 18.5 Å². The lowest BCUT2D eigenvalue weighted by Crippen LogP contribution is -2.17. The summed E-state index contributed by atoms with van der Waals surface area (Å²) in [7, 11) is 0. The normalized spacial score (nSPS) is 10.5. The van der Waals surface area contributed by atoms with Crippen molar-refractivity contribution in [3.63, 3.8) is 0 Å². The van der Waals surface area contributed by atoms with E-state index in [1.165, 1.54) is 0 Å². The molecule has 0 amide bonds. The van der Waals surface area contributed by atoms with E-state index in [1.807, 2.05) is 18.2 Å². The SMILES string of the molecule is N#CCCNCCc1ccc2[nH]c(=O)oc2c1. The number of hydrogen-bond donors (Lipinski definition) is 2. The lowest BCUT2D eigenvalue weighted by molar-refractivity contribution is 0.555. The molecule has 17 heavy (non-hydrogen) atoms. The number of H-pyrrole nitrogens is 1. The Morgan fingerprint density at radius 3 is 3.12 bits per heavy atom. The Kier molecular flexibility index (Phi) is 3.58. The predicted octanol–water partition coefficient (Wildman–Crippen LogP) is 1.17. The van der Waals surface area contributed by atoms with Gasteiger partial charge in [0.25, 0.3) is 0 Å². The largest absolute Gasteiger partial charge is 0.417 e. The molecule has 88 valence electrons. The van der Waals surface area contributed by atoms with Crippen LogP contribution in [0.5, 0.6) is 0 Å². The van der Waals surface area contributed by atoms with Crippen LogP contribution in [0.25, 0.3) is 11.1 Å². The molecular weight excluding hydrogens is 218 g/mol. The monoisotopic (exact) mass is 231 g/mol. The summed E-state index contributed by atoms with van der Waals surface area (Å²) in [5.41, 5.74) is 2.41. The van der Waals surface area contributed by atoms with Gasteiger partial charge in [0.1, 0.15) is 0 Å². The second-order valence-corrected chi connectivity index (χ2v) is 3.75. The van der Waals surface area contributed by atoms with Gasteiger partial charge >= 0.3 is 5.76 Å². The van der Waals surface area contributed by atoms with E-state index in [0.717, 1.165) is 24.0 Å². The molecular formula is C12H13N3O2. The molecule has 0 atom stereocenters. The molecule has 0 saturated heterocycles. The van der Waals surface area contributed by atoms with Gasteiger partial charge < -0.3 is 9.73 Å². The lowest BCUT2D eigenvalue weighted by Gasteiger charge is -2.02. The summed E-state index contributed by atoms with van der Waals surface area (Å²) in [6.45, 7) is 1.51. The molecule has 0 aliphatic rings. The van der Waals surface area contributed by atoms with Crippen molar-refractivity contribution in [1.82, 2.24) is 10.3 Å². The molecule has 0 fully saturated rings. The first kappa shape index (κ1) is 11.4. The summed E-state index contributed by atoms with van der Waals surface area (Å²) in [6, 6.07) is 7.73. The number of aromatic amines is 1. The molecule has 0 aliphatic carbocycles. The third kappa shape index (κ3) is 2.95. The van der Waals surface area contributed by atoms with Gasteiger partial charge in [-0.15, -0.1) is 0 Å². The molecule has 5 heteroatoms. The first-order valence-electron chi connectivity index (χ1n) is 5.49. The summed E-state index contributed by atoms with van der Waals surface area (Å²) < 4.78 is 4.98. The zero-order valence-corrected chi connectivity index (χ0v) is 9.32. The topological polar surface area (TPSA) is 81.8 Å². The molecule has 0 bridgehead atoms. The van der Waals surface area contributed by atoms with Crippen LogP contribution in [0.1, 0.15) is 12.0 Å². The molecule has 0 unspecified atom stereocenters. The summed E-state index contributed by atoms with van der Waals surface area (Å²) >= 11 is 0. The van der Waals surface area contributed by atoms with Gasteiger partial charge in [0.2, 0.25) is 0 Å². The molecule has 1 aromatic heterocycles. The number of benzene rings is 1. The van der Waals surface area contributed by atoms with Crippen LogP contribution in [-0.2, 0) is 6.42 Å². The number of oxazole rings is 1. The van der Waals surface area contributed by atoms with Crippen LogP contribution < -0.4 is 11.1 Å². The quantitative estimate of drug-likeness (QED) is 0.757. The molecule has 2 N–H and O–H groups in total. The van der Waals surface area contributed by atoms with Gasteiger partial charge in [0.05, 0.1) is 11.6 Å². The number of nitriles is 1. The molecule has 0 radical (unpaired) electrons. The molecule has 2 rings (SSSR count). The predicted molar refractivity (Wildman–Crippen MR) is 63.6 cm³/mol. The van der Waals surface area contributed by atoms with E-state index in [9.17, 15) is 4.79 Å². The zero-order valence-electron chi connectivity index (χ0n) is 9.32. The van der Waals surface area contributed by atoms with Crippen molar-refractivity contribution in [2.45, 2.75) is 12.8 Å². The van der Waals surface area contributed by atoms with Crippen LogP contribution in [-0.4, -0.2) is 18.1 Å². The number of nitrogens with zero attached hydrogens (tertiary/aromatic N) is 1. The van der Waals surface area contributed by atoms with E-state index >= 15 is 0 Å². The minimum absolute atomic E-state index is 0.427. The van der Waals surface area contributed by atoms with Crippen LogP contribution in [0, 0.1) is 11.3 Å². The van der Waals surface area contributed by atoms with Crippen LogP contribution in [0.4, 0.5) is 0 Å². The highest BCUT2D eigenvalue weighted by molar-refractivity contribution is 5.72. The van der Waals surface area contributed by atoms with Gasteiger partial charge in [0, 0.05) is 13.0 Å². The maximum absolute atomic E-state index is 11.0. The first-order chi connectivity index (χ1) is 8.29. The molecule has 5 nitrogen and oxygen atoms in total. The van der Waals surface area contributed by atoms with Gasteiger partial charge in [0.15, 0.2) is 5.58 Å². The molecule has 0 spiro atoms. The first-order valence-corrected chi connectivity index (χ1v) is 5.49. The number of nitrogens with one attached hydrogen (secondary N) is 2. The van der Waals surface area contributed by atoms with Crippen molar-refractivity contribution < 1.29 is 4.42 Å². The maximum Gasteiger partial charge on any atom is 0.417 e. The fraction of sp³-hybridized carbons (Fsp3) is 0.333. The number of aromatic nitrogens is 1. The Balaban J connectivity index is 1.95. The van der Waals surface area contributed by atoms with Crippen LogP contribution >= 0.6 is 0 Å². The van der Waals surface area contributed by atoms with Gasteiger partial charge in [-0.25, -0.2) is 4.79 Å². The van der Waals surface area contributed by atoms with E-state index in [4.69, 9.17) is 9.68 Å². The highest BCUT2D eigenvalue weighted by Crippen LogP contribution is 2.12. The van der Waals surface area contributed by atoms with Crippen molar-refractivity contribution >= 4 is 11.1 Å². The minimum Gasteiger partial charge on any atom is -0.408 e. The van der Waals surface area contributed by atoms with E-state index < -0.39 is 5.76 Å². The van der Waals surface area contributed by atoms with Crippen molar-refractivity contribution in [3.8, 4) is 6.07 Å². The third-order valence-electron chi connectivity index (χ3n) is 2.49. The average molecular weight is 231 g/mol. The molecule has 0 aliphatic heterocycles. The Labute approximate surface area is 98.1 Å². The van der Waals surface area contributed by atoms with E-state index in [2.05, 4.69) is 16.4 Å². The Bertz CT molecular complexity index is 592. The molecule has 2 aromatic rings. The molecule has 1 heterocycles. The molecule has 0 saturated carbocycles. The highest BCUT2D eigenvalue weighted by Gasteiger charge is 2.01. The fourth-order valence-electron chi connectivity index (χ4n) is 1.65. The van der Waals surface area contributed by atoms with Crippen molar-refractivity contribution in [3.05, 3.63) is 34.3 Å². The molecule has 1 aromatic carbocycles. The second-order valence-electron chi connectivity index (χ2n) is 3.75. The number of hydrogen-bond acceptors (Lipinski definition) is 4. The highest BCUT2D eigenvalue weighted by atomic mass is 16.4.